The van der Waals surface area contributed by atoms with Gasteiger partial charge in [-0.3, -0.25) is 9.59 Å². The fourth-order valence-corrected chi connectivity index (χ4v) is 2.14. The first-order chi connectivity index (χ1) is 11.1. The maximum absolute atomic E-state index is 12.3. The van der Waals surface area contributed by atoms with Crippen LogP contribution >= 0.6 is 0 Å². The van der Waals surface area contributed by atoms with Crippen molar-refractivity contribution in [2.45, 2.75) is 26.4 Å². The molecule has 1 aromatic carbocycles. The van der Waals surface area contributed by atoms with Crippen molar-refractivity contribution in [3.63, 3.8) is 0 Å². The van der Waals surface area contributed by atoms with Crippen LogP contribution in [0.15, 0.2) is 43.0 Å². The highest BCUT2D eigenvalue weighted by Crippen LogP contribution is 2.05. The molecule has 0 saturated carbocycles. The molecule has 1 heterocycles. The van der Waals surface area contributed by atoms with E-state index in [2.05, 4.69) is 15.4 Å². The fourth-order valence-electron chi connectivity index (χ4n) is 2.14. The second-order valence-electron chi connectivity index (χ2n) is 5.16. The number of carbonyl (C=O) groups excluding carboxylic acids is 2. The molecule has 0 spiro atoms. The topological polar surface area (TPSA) is 80.1 Å². The number of amides is 2. The number of hydrogen-bond donors (Lipinski definition) is 1. The maximum Gasteiger partial charge on any atom is 0.245 e. The summed E-state index contributed by atoms with van der Waals surface area (Å²) in [6.07, 6.45) is 2.84. The lowest BCUT2D eigenvalue weighted by atomic mass is 10.2. The van der Waals surface area contributed by atoms with Crippen molar-refractivity contribution in [2.24, 2.45) is 0 Å². The van der Waals surface area contributed by atoms with Gasteiger partial charge < -0.3 is 10.2 Å². The van der Waals surface area contributed by atoms with E-state index >= 15 is 0 Å². The van der Waals surface area contributed by atoms with Gasteiger partial charge in [-0.15, -0.1) is 0 Å². The van der Waals surface area contributed by atoms with Crippen LogP contribution in [0.5, 0.6) is 0 Å². The number of likely N-dealkylation sites (N-methyl/N-ethyl adjacent to an activating group) is 1. The molecule has 23 heavy (non-hydrogen) atoms. The molecule has 0 fully saturated rings. The minimum absolute atomic E-state index is 0.0292. The summed E-state index contributed by atoms with van der Waals surface area (Å²) in [4.78, 5) is 29.8. The number of rotatable bonds is 7. The lowest BCUT2D eigenvalue weighted by Gasteiger charge is -2.21. The van der Waals surface area contributed by atoms with Crippen molar-refractivity contribution < 1.29 is 9.59 Å². The summed E-state index contributed by atoms with van der Waals surface area (Å²) in [5, 5.41) is 6.57. The van der Waals surface area contributed by atoms with E-state index in [4.69, 9.17) is 0 Å². The molecule has 122 valence electrons. The van der Waals surface area contributed by atoms with E-state index in [1.807, 2.05) is 37.3 Å². The van der Waals surface area contributed by atoms with Crippen LogP contribution in [0.4, 0.5) is 0 Å². The molecule has 1 aromatic heterocycles. The molecular formula is C16H21N5O2. The van der Waals surface area contributed by atoms with Gasteiger partial charge >= 0.3 is 0 Å². The molecule has 0 saturated heterocycles. The van der Waals surface area contributed by atoms with Gasteiger partial charge in [-0.25, -0.2) is 9.67 Å². The summed E-state index contributed by atoms with van der Waals surface area (Å²) in [5.74, 6) is -0.380. The van der Waals surface area contributed by atoms with E-state index in [0.29, 0.717) is 13.1 Å². The molecule has 0 unspecified atom stereocenters. The minimum Gasteiger partial charge on any atom is -0.345 e. The van der Waals surface area contributed by atoms with E-state index in [0.717, 1.165) is 5.56 Å². The van der Waals surface area contributed by atoms with E-state index < -0.39 is 6.04 Å². The Balaban J connectivity index is 1.86. The molecule has 2 rings (SSSR count). The predicted molar refractivity (Wildman–Crippen MR) is 85.3 cm³/mol. The third-order valence-corrected chi connectivity index (χ3v) is 3.58. The van der Waals surface area contributed by atoms with Crippen molar-refractivity contribution in [3.05, 3.63) is 48.5 Å². The largest absolute Gasteiger partial charge is 0.345 e. The standard InChI is InChI=1S/C16H21N5O2/c1-3-20(10-14-7-5-4-6-8-14)15(22)9-18-16(23)13(2)21-12-17-11-19-21/h4-8,11-13H,3,9-10H2,1-2H3,(H,18,23)/t13-/m0/s1. The second-order valence-corrected chi connectivity index (χ2v) is 5.16. The van der Waals surface area contributed by atoms with Gasteiger partial charge in [-0.2, -0.15) is 5.10 Å². The van der Waals surface area contributed by atoms with Gasteiger partial charge in [0.1, 0.15) is 18.7 Å². The Kier molecular flexibility index (Phi) is 5.85. The van der Waals surface area contributed by atoms with Gasteiger partial charge in [0, 0.05) is 13.1 Å². The molecule has 0 aliphatic heterocycles. The zero-order chi connectivity index (χ0) is 16.7. The molecule has 0 bridgehead atoms. The summed E-state index contributed by atoms with van der Waals surface area (Å²) in [5.41, 5.74) is 1.06. The number of hydrogen-bond acceptors (Lipinski definition) is 4. The summed E-state index contributed by atoms with van der Waals surface area (Å²) in [7, 11) is 0. The second kappa shape index (κ2) is 8.07. The molecule has 7 heteroatoms. The molecule has 7 nitrogen and oxygen atoms in total. The normalized spacial score (nSPS) is 11.7. The fraction of sp³-hybridized carbons (Fsp3) is 0.375. The van der Waals surface area contributed by atoms with E-state index in [-0.39, 0.29) is 18.4 Å². The number of nitrogens with one attached hydrogen (secondary N) is 1. The van der Waals surface area contributed by atoms with Crippen molar-refractivity contribution in [3.8, 4) is 0 Å². The van der Waals surface area contributed by atoms with E-state index in [1.54, 1.807) is 11.8 Å². The van der Waals surface area contributed by atoms with Gasteiger partial charge in [0.15, 0.2) is 0 Å². The average molecular weight is 315 g/mol. The van der Waals surface area contributed by atoms with Gasteiger partial charge in [-0.1, -0.05) is 30.3 Å². The Morgan fingerprint density at radius 1 is 1.30 bits per heavy atom. The molecule has 0 aliphatic carbocycles. The van der Waals surface area contributed by atoms with Crippen molar-refractivity contribution >= 4 is 11.8 Å². The molecule has 0 radical (unpaired) electrons. The Hall–Kier alpha value is -2.70. The third kappa shape index (κ3) is 4.64. The molecule has 0 aliphatic rings. The summed E-state index contributed by atoms with van der Waals surface area (Å²) in [6, 6.07) is 9.26. The summed E-state index contributed by atoms with van der Waals surface area (Å²) >= 11 is 0. The average Bonchev–Trinajstić information content (AvgIpc) is 3.12. The lowest BCUT2D eigenvalue weighted by molar-refractivity contribution is -0.134. The quantitative estimate of drug-likeness (QED) is 0.827. The van der Waals surface area contributed by atoms with Crippen LogP contribution in [0, 0.1) is 0 Å². The monoisotopic (exact) mass is 315 g/mol. The zero-order valence-electron chi connectivity index (χ0n) is 13.3. The van der Waals surface area contributed by atoms with Crippen LogP contribution in [-0.2, 0) is 16.1 Å². The number of carbonyl (C=O) groups is 2. The molecule has 1 atom stereocenters. The van der Waals surface area contributed by atoms with Crippen LogP contribution in [-0.4, -0.2) is 44.6 Å². The van der Waals surface area contributed by atoms with Gasteiger partial charge in [-0.05, 0) is 19.4 Å². The first kappa shape index (κ1) is 16.7. The number of aromatic nitrogens is 3. The smallest absolute Gasteiger partial charge is 0.245 e. The first-order valence-electron chi connectivity index (χ1n) is 7.55. The molecule has 2 amide bonds. The van der Waals surface area contributed by atoms with Crippen molar-refractivity contribution in [2.75, 3.05) is 13.1 Å². The zero-order valence-corrected chi connectivity index (χ0v) is 13.3. The van der Waals surface area contributed by atoms with E-state index in [9.17, 15) is 9.59 Å². The Bertz CT molecular complexity index is 627. The van der Waals surface area contributed by atoms with Crippen LogP contribution in [0.3, 0.4) is 0 Å². The number of benzene rings is 1. The highest BCUT2D eigenvalue weighted by Gasteiger charge is 2.18. The first-order valence-corrected chi connectivity index (χ1v) is 7.55. The van der Waals surface area contributed by atoms with Crippen molar-refractivity contribution in [1.82, 2.24) is 25.0 Å². The van der Waals surface area contributed by atoms with Gasteiger partial charge in [0.2, 0.25) is 11.8 Å². The Labute approximate surface area is 135 Å². The third-order valence-electron chi connectivity index (χ3n) is 3.58. The highest BCUT2D eigenvalue weighted by atomic mass is 16.2. The summed E-state index contributed by atoms with van der Waals surface area (Å²) in [6.45, 7) is 4.71. The Morgan fingerprint density at radius 2 is 2.04 bits per heavy atom. The van der Waals surface area contributed by atoms with Gasteiger partial charge in [0.25, 0.3) is 0 Å². The number of nitrogens with zero attached hydrogens (tertiary/aromatic N) is 4. The highest BCUT2D eigenvalue weighted by molar-refractivity contribution is 5.86. The van der Waals surface area contributed by atoms with Crippen LogP contribution in [0.1, 0.15) is 25.5 Å². The minimum atomic E-state index is -0.505. The van der Waals surface area contributed by atoms with E-state index in [1.165, 1.54) is 17.3 Å². The SMILES string of the molecule is CCN(Cc1ccccc1)C(=O)CNC(=O)[C@H](C)n1cncn1. The maximum atomic E-state index is 12.3. The molecule has 1 N–H and O–H groups in total. The lowest BCUT2D eigenvalue weighted by Crippen LogP contribution is -2.41. The van der Waals surface area contributed by atoms with Crippen molar-refractivity contribution in [1.29, 1.82) is 0 Å². The van der Waals surface area contributed by atoms with Crippen LogP contribution in [0.25, 0.3) is 0 Å². The van der Waals surface area contributed by atoms with Crippen LogP contribution in [0.2, 0.25) is 0 Å². The summed E-state index contributed by atoms with van der Waals surface area (Å²) < 4.78 is 1.45. The molecule has 2 aromatic rings. The van der Waals surface area contributed by atoms with Gasteiger partial charge in [0.05, 0.1) is 6.54 Å². The van der Waals surface area contributed by atoms with Crippen LogP contribution < -0.4 is 5.32 Å². The Morgan fingerprint density at radius 3 is 2.65 bits per heavy atom. The molecular weight excluding hydrogens is 294 g/mol. The predicted octanol–water partition coefficient (Wildman–Crippen LogP) is 1.00.